The number of ether oxygens (including phenoxy) is 1. The van der Waals surface area contributed by atoms with Crippen LogP contribution in [0.1, 0.15) is 47.8 Å². The van der Waals surface area contributed by atoms with Crippen LogP contribution in [0.25, 0.3) is 0 Å². The average Bonchev–Trinajstić information content (AvgIpc) is 3.45. The summed E-state index contributed by atoms with van der Waals surface area (Å²) in [7, 11) is 1.68. The Morgan fingerprint density at radius 3 is 2.76 bits per heavy atom. The molecule has 0 saturated heterocycles. The molecule has 0 aliphatic heterocycles. The maximum atomic E-state index is 12.7. The van der Waals surface area contributed by atoms with Gasteiger partial charge in [-0.15, -0.1) is 0 Å². The third-order valence-electron chi connectivity index (χ3n) is 5.08. The summed E-state index contributed by atoms with van der Waals surface area (Å²) in [5, 5.41) is 3.01. The number of carbonyl (C=O) groups is 1. The molecule has 1 unspecified atom stereocenters. The lowest BCUT2D eigenvalue weighted by Crippen LogP contribution is -2.28. The number of nitrogens with one attached hydrogen (secondary N) is 1. The number of hydrogen-bond donors (Lipinski definition) is 1. The Kier molecular flexibility index (Phi) is 4.15. The van der Waals surface area contributed by atoms with E-state index in [-0.39, 0.29) is 11.8 Å². The van der Waals surface area contributed by atoms with Crippen molar-refractivity contribution in [2.24, 2.45) is 5.92 Å². The molecule has 1 amide bonds. The molecule has 1 heterocycles. The monoisotopic (exact) mass is 337 g/mol. The number of amides is 1. The van der Waals surface area contributed by atoms with Crippen molar-refractivity contribution in [2.75, 3.05) is 12.4 Å². The van der Waals surface area contributed by atoms with Crippen LogP contribution in [0.15, 0.2) is 24.3 Å². The van der Waals surface area contributed by atoms with Crippen molar-refractivity contribution in [3.63, 3.8) is 0 Å². The van der Waals surface area contributed by atoms with E-state index in [4.69, 9.17) is 4.74 Å². The van der Waals surface area contributed by atoms with Gasteiger partial charge in [0.2, 0.25) is 5.91 Å². The Morgan fingerprint density at radius 1 is 1.16 bits per heavy atom. The number of aryl methyl sites for hydroxylation is 2. The number of nitrogens with zero attached hydrogens (tertiary/aromatic N) is 2. The summed E-state index contributed by atoms with van der Waals surface area (Å²) in [5.41, 5.74) is 3.44. The highest BCUT2D eigenvalue weighted by Gasteiger charge is 2.28. The Morgan fingerprint density at radius 2 is 2.00 bits per heavy atom. The van der Waals surface area contributed by atoms with E-state index in [9.17, 15) is 4.79 Å². The number of anilines is 1. The Balaban J connectivity index is 1.46. The van der Waals surface area contributed by atoms with E-state index >= 15 is 0 Å². The van der Waals surface area contributed by atoms with Gasteiger partial charge >= 0.3 is 0 Å². The van der Waals surface area contributed by atoms with Gasteiger partial charge in [0.1, 0.15) is 17.4 Å². The minimum Gasteiger partial charge on any atom is -0.497 e. The van der Waals surface area contributed by atoms with Crippen LogP contribution in [-0.4, -0.2) is 23.0 Å². The molecule has 1 saturated carbocycles. The largest absolute Gasteiger partial charge is 0.497 e. The van der Waals surface area contributed by atoms with Crippen LogP contribution >= 0.6 is 0 Å². The van der Waals surface area contributed by atoms with E-state index in [1.54, 1.807) is 7.11 Å². The molecular weight excluding hydrogens is 314 g/mol. The van der Waals surface area contributed by atoms with Crippen molar-refractivity contribution in [1.29, 1.82) is 0 Å². The highest BCUT2D eigenvalue weighted by Crippen LogP contribution is 2.38. The van der Waals surface area contributed by atoms with Gasteiger partial charge in [0.05, 0.1) is 7.11 Å². The number of hydrogen-bond acceptors (Lipinski definition) is 4. The zero-order valence-corrected chi connectivity index (χ0v) is 14.7. The van der Waals surface area contributed by atoms with E-state index in [1.807, 2.05) is 19.1 Å². The van der Waals surface area contributed by atoms with Gasteiger partial charge in [0, 0.05) is 23.6 Å². The van der Waals surface area contributed by atoms with E-state index in [0.717, 1.165) is 49.4 Å². The quantitative estimate of drug-likeness (QED) is 0.928. The van der Waals surface area contributed by atoms with Crippen LogP contribution in [0.4, 0.5) is 5.82 Å². The maximum absolute atomic E-state index is 12.7. The fourth-order valence-electron chi connectivity index (χ4n) is 3.49. The van der Waals surface area contributed by atoms with Gasteiger partial charge < -0.3 is 10.1 Å². The third-order valence-corrected chi connectivity index (χ3v) is 5.08. The summed E-state index contributed by atoms with van der Waals surface area (Å²) < 4.78 is 5.29. The van der Waals surface area contributed by atoms with E-state index in [2.05, 4.69) is 27.4 Å². The second-order valence-electron chi connectivity index (χ2n) is 7.09. The molecule has 0 bridgehead atoms. The standard InChI is InChI=1S/C20H23N3O2/c1-12-9-18(22-19(21-12)13-3-4-13)23-20(24)16-6-5-15-11-17(25-2)8-7-14(15)10-16/h7-9,11,13,16H,3-6,10H2,1-2H3,(H,21,22,23,24). The Labute approximate surface area is 147 Å². The molecule has 2 aromatic rings. The number of benzene rings is 1. The molecule has 1 fully saturated rings. The molecule has 1 atom stereocenters. The zero-order chi connectivity index (χ0) is 17.4. The molecule has 130 valence electrons. The van der Waals surface area contributed by atoms with E-state index < -0.39 is 0 Å². The Bertz CT molecular complexity index is 815. The van der Waals surface area contributed by atoms with E-state index in [1.165, 1.54) is 11.1 Å². The van der Waals surface area contributed by atoms with Gasteiger partial charge in [0.25, 0.3) is 0 Å². The van der Waals surface area contributed by atoms with Crippen LogP contribution < -0.4 is 10.1 Å². The first-order valence-corrected chi connectivity index (χ1v) is 8.94. The van der Waals surface area contributed by atoms with Crippen LogP contribution in [-0.2, 0) is 17.6 Å². The van der Waals surface area contributed by atoms with Crippen molar-refractivity contribution in [3.05, 3.63) is 46.9 Å². The number of rotatable bonds is 4. The Hall–Kier alpha value is -2.43. The first-order valence-electron chi connectivity index (χ1n) is 8.94. The molecule has 2 aliphatic rings. The molecule has 5 nitrogen and oxygen atoms in total. The lowest BCUT2D eigenvalue weighted by molar-refractivity contribution is -0.120. The molecular formula is C20H23N3O2. The van der Waals surface area contributed by atoms with Crippen molar-refractivity contribution >= 4 is 11.7 Å². The van der Waals surface area contributed by atoms with Gasteiger partial charge in [-0.25, -0.2) is 9.97 Å². The van der Waals surface area contributed by atoms with Gasteiger partial charge in [-0.2, -0.15) is 0 Å². The van der Waals surface area contributed by atoms with Gasteiger partial charge in [-0.3, -0.25) is 4.79 Å². The summed E-state index contributed by atoms with van der Waals surface area (Å²) in [6.07, 6.45) is 4.83. The van der Waals surface area contributed by atoms with Gasteiger partial charge in [-0.1, -0.05) is 6.07 Å². The highest BCUT2D eigenvalue weighted by molar-refractivity contribution is 5.92. The summed E-state index contributed by atoms with van der Waals surface area (Å²) in [6.45, 7) is 1.95. The van der Waals surface area contributed by atoms with Crippen LogP contribution in [0.2, 0.25) is 0 Å². The number of carbonyl (C=O) groups excluding carboxylic acids is 1. The predicted molar refractivity (Wildman–Crippen MR) is 95.9 cm³/mol. The van der Waals surface area contributed by atoms with Crippen LogP contribution in [0.3, 0.4) is 0 Å². The van der Waals surface area contributed by atoms with Crippen molar-refractivity contribution in [1.82, 2.24) is 9.97 Å². The molecule has 1 aromatic heterocycles. The lowest BCUT2D eigenvalue weighted by atomic mass is 9.83. The maximum Gasteiger partial charge on any atom is 0.228 e. The first-order chi connectivity index (χ1) is 12.1. The number of aromatic nitrogens is 2. The summed E-state index contributed by atoms with van der Waals surface area (Å²) in [5.74, 6) is 2.91. The topological polar surface area (TPSA) is 64.1 Å². The minimum absolute atomic E-state index is 0.0134. The highest BCUT2D eigenvalue weighted by atomic mass is 16.5. The molecule has 5 heteroatoms. The van der Waals surface area contributed by atoms with Gasteiger partial charge in [0.15, 0.2) is 0 Å². The molecule has 0 radical (unpaired) electrons. The zero-order valence-electron chi connectivity index (χ0n) is 14.7. The van der Waals surface area contributed by atoms with Crippen molar-refractivity contribution in [2.45, 2.75) is 44.9 Å². The fourth-order valence-corrected chi connectivity index (χ4v) is 3.49. The minimum atomic E-state index is -0.0134. The van der Waals surface area contributed by atoms with Crippen molar-refractivity contribution < 1.29 is 9.53 Å². The smallest absolute Gasteiger partial charge is 0.228 e. The van der Waals surface area contributed by atoms with Gasteiger partial charge in [-0.05, 0) is 62.3 Å². The normalized spacial score (nSPS) is 19.2. The third kappa shape index (κ3) is 3.50. The lowest BCUT2D eigenvalue weighted by Gasteiger charge is -2.24. The molecule has 1 aromatic carbocycles. The summed E-state index contributed by atoms with van der Waals surface area (Å²) in [6, 6.07) is 7.98. The van der Waals surface area contributed by atoms with Crippen molar-refractivity contribution in [3.8, 4) is 5.75 Å². The average molecular weight is 337 g/mol. The fraction of sp³-hybridized carbons (Fsp3) is 0.450. The molecule has 0 spiro atoms. The molecule has 4 rings (SSSR count). The molecule has 2 aliphatic carbocycles. The SMILES string of the molecule is COc1ccc2c(c1)CCC(C(=O)Nc1cc(C)nc(C3CC3)n1)C2. The second kappa shape index (κ2) is 6.47. The second-order valence-corrected chi connectivity index (χ2v) is 7.09. The summed E-state index contributed by atoms with van der Waals surface area (Å²) >= 11 is 0. The molecule has 1 N–H and O–H groups in total. The van der Waals surface area contributed by atoms with Crippen LogP contribution in [0.5, 0.6) is 5.75 Å². The number of methoxy groups -OCH3 is 1. The molecule has 25 heavy (non-hydrogen) atoms. The summed E-state index contributed by atoms with van der Waals surface area (Å²) in [4.78, 5) is 21.7. The first kappa shape index (κ1) is 16.1. The van der Waals surface area contributed by atoms with E-state index in [0.29, 0.717) is 11.7 Å². The van der Waals surface area contributed by atoms with Crippen LogP contribution in [0, 0.1) is 12.8 Å². The predicted octanol–water partition coefficient (Wildman–Crippen LogP) is 3.41. The number of fused-ring (bicyclic) bond motifs is 1.